The molecule has 0 spiro atoms. The molecule has 0 N–H and O–H groups in total. The van der Waals surface area contributed by atoms with Crippen LogP contribution in [0.4, 0.5) is 8.78 Å². The van der Waals surface area contributed by atoms with Crippen molar-refractivity contribution in [3.8, 4) is 23.1 Å². The maximum Gasteiger partial charge on any atom is 0.228 e. The molecule has 1 atom stereocenters. The molecule has 38 heavy (non-hydrogen) atoms. The Bertz CT molecular complexity index is 1270. The summed E-state index contributed by atoms with van der Waals surface area (Å²) in [6.45, 7) is 3.41. The molecular weight excluding hydrogens is 492 g/mol. The molecule has 2 aromatic carbocycles. The van der Waals surface area contributed by atoms with E-state index in [0.29, 0.717) is 36.6 Å². The predicted molar refractivity (Wildman–Crippen MR) is 138 cm³/mol. The number of carbonyl (C=O) groups is 1. The summed E-state index contributed by atoms with van der Waals surface area (Å²) in [4.78, 5) is 15.4. The molecule has 9 heteroatoms. The number of aromatic nitrogens is 2. The molecule has 202 valence electrons. The number of halogens is 2. The van der Waals surface area contributed by atoms with Crippen LogP contribution in [0.2, 0.25) is 0 Å². The Morgan fingerprint density at radius 1 is 1.13 bits per heavy atom. The Morgan fingerprint density at radius 3 is 2.53 bits per heavy atom. The zero-order chi connectivity index (χ0) is 26.6. The number of amides is 1. The monoisotopic (exact) mass is 525 g/mol. The second kappa shape index (κ2) is 11.5. The van der Waals surface area contributed by atoms with Crippen LogP contribution in [0.25, 0.3) is 5.69 Å². The van der Waals surface area contributed by atoms with Gasteiger partial charge in [0.15, 0.2) is 11.6 Å². The molecule has 2 fully saturated rings. The number of rotatable bonds is 10. The van der Waals surface area contributed by atoms with Gasteiger partial charge in [0, 0.05) is 25.1 Å². The Labute approximate surface area is 221 Å². The third kappa shape index (κ3) is 5.53. The van der Waals surface area contributed by atoms with E-state index in [0.717, 1.165) is 49.9 Å². The first kappa shape index (κ1) is 26.2. The van der Waals surface area contributed by atoms with Crippen LogP contribution >= 0.6 is 0 Å². The Hall–Kier alpha value is -3.46. The van der Waals surface area contributed by atoms with Crippen LogP contribution in [-0.2, 0) is 22.5 Å². The SMILES string of the molecule is CCc1nn(-c2ccc(OC)cc2)c(Oc2ccc(F)cc2F)c1CN(C[C@@H]1CCCO1)C(=O)C1CCC1. The van der Waals surface area contributed by atoms with Gasteiger partial charge in [0.2, 0.25) is 11.8 Å². The molecule has 0 bridgehead atoms. The van der Waals surface area contributed by atoms with Gasteiger partial charge in [0.1, 0.15) is 11.6 Å². The average Bonchev–Trinajstić information content (AvgIpc) is 3.52. The number of hydrogen-bond acceptors (Lipinski definition) is 5. The number of carbonyl (C=O) groups excluding carboxylic acids is 1. The summed E-state index contributed by atoms with van der Waals surface area (Å²) >= 11 is 0. The Kier molecular flexibility index (Phi) is 7.93. The molecule has 3 aromatic rings. The Balaban J connectivity index is 1.56. The lowest BCUT2D eigenvalue weighted by molar-refractivity contribution is -0.140. The molecule has 1 saturated carbocycles. The summed E-state index contributed by atoms with van der Waals surface area (Å²) in [5.41, 5.74) is 2.11. The van der Waals surface area contributed by atoms with Gasteiger partial charge >= 0.3 is 0 Å². The van der Waals surface area contributed by atoms with E-state index in [4.69, 9.17) is 19.3 Å². The third-order valence-electron chi connectivity index (χ3n) is 7.34. The minimum atomic E-state index is -0.821. The molecule has 2 heterocycles. The van der Waals surface area contributed by atoms with Gasteiger partial charge < -0.3 is 19.1 Å². The molecule has 1 aliphatic carbocycles. The summed E-state index contributed by atoms with van der Waals surface area (Å²) < 4.78 is 47.2. The van der Waals surface area contributed by atoms with Crippen molar-refractivity contribution in [3.63, 3.8) is 0 Å². The fourth-order valence-electron chi connectivity index (χ4n) is 4.96. The molecule has 1 saturated heterocycles. The highest BCUT2D eigenvalue weighted by Crippen LogP contribution is 2.36. The van der Waals surface area contributed by atoms with Gasteiger partial charge in [-0.15, -0.1) is 0 Å². The lowest BCUT2D eigenvalue weighted by Crippen LogP contribution is -2.42. The molecular formula is C29H33F2N3O4. The van der Waals surface area contributed by atoms with Crippen molar-refractivity contribution < 1.29 is 27.8 Å². The quantitative estimate of drug-likeness (QED) is 0.334. The highest BCUT2D eigenvalue weighted by molar-refractivity contribution is 5.79. The van der Waals surface area contributed by atoms with Crippen LogP contribution < -0.4 is 9.47 Å². The molecule has 5 rings (SSSR count). The van der Waals surface area contributed by atoms with Gasteiger partial charge in [-0.1, -0.05) is 13.3 Å². The first-order valence-corrected chi connectivity index (χ1v) is 13.2. The largest absolute Gasteiger partial charge is 0.497 e. The topological polar surface area (TPSA) is 65.8 Å². The summed E-state index contributed by atoms with van der Waals surface area (Å²) in [6.07, 6.45) is 5.27. The summed E-state index contributed by atoms with van der Waals surface area (Å²) in [5, 5.41) is 4.81. The molecule has 1 aliphatic heterocycles. The third-order valence-corrected chi connectivity index (χ3v) is 7.34. The Morgan fingerprint density at radius 2 is 1.92 bits per heavy atom. The van der Waals surface area contributed by atoms with Crippen molar-refractivity contribution in [1.29, 1.82) is 0 Å². The first-order valence-electron chi connectivity index (χ1n) is 13.2. The van der Waals surface area contributed by atoms with Crippen LogP contribution in [0.5, 0.6) is 17.4 Å². The first-order chi connectivity index (χ1) is 18.5. The van der Waals surface area contributed by atoms with Crippen LogP contribution in [0, 0.1) is 17.6 Å². The van der Waals surface area contributed by atoms with Gasteiger partial charge in [-0.2, -0.15) is 5.10 Å². The second-order valence-electron chi connectivity index (χ2n) is 9.85. The van der Waals surface area contributed by atoms with E-state index in [1.54, 1.807) is 23.9 Å². The normalized spacial score (nSPS) is 17.3. The van der Waals surface area contributed by atoms with E-state index in [1.807, 2.05) is 24.0 Å². The van der Waals surface area contributed by atoms with Crippen LogP contribution in [0.15, 0.2) is 42.5 Å². The lowest BCUT2D eigenvalue weighted by Gasteiger charge is -2.33. The van der Waals surface area contributed by atoms with Gasteiger partial charge in [-0.3, -0.25) is 4.79 Å². The molecule has 0 unspecified atom stereocenters. The number of hydrogen-bond donors (Lipinski definition) is 0. The number of aryl methyl sites for hydroxylation is 1. The number of methoxy groups -OCH3 is 1. The maximum atomic E-state index is 14.7. The number of ether oxygens (including phenoxy) is 3. The smallest absolute Gasteiger partial charge is 0.228 e. The minimum absolute atomic E-state index is 0.0111. The van der Waals surface area contributed by atoms with Gasteiger partial charge in [0.25, 0.3) is 0 Å². The van der Waals surface area contributed by atoms with Crippen molar-refractivity contribution >= 4 is 5.91 Å². The van der Waals surface area contributed by atoms with Gasteiger partial charge in [0.05, 0.1) is 36.7 Å². The summed E-state index contributed by atoms with van der Waals surface area (Å²) in [7, 11) is 1.59. The standard InChI is InChI=1S/C29H33F2N3O4/c1-3-26-24(18-33(17-23-8-5-15-37-23)28(35)19-6-4-7-19)29(38-27-14-9-20(30)16-25(27)31)34(32-26)21-10-12-22(36-2)13-11-21/h9-14,16,19,23H,3-8,15,17-18H2,1-2H3/t23-/m0/s1. The van der Waals surface area contributed by atoms with E-state index >= 15 is 0 Å². The zero-order valence-electron chi connectivity index (χ0n) is 21.8. The van der Waals surface area contributed by atoms with Crippen molar-refractivity contribution in [2.75, 3.05) is 20.3 Å². The molecule has 1 amide bonds. The minimum Gasteiger partial charge on any atom is -0.497 e. The molecule has 7 nitrogen and oxygen atoms in total. The maximum absolute atomic E-state index is 14.7. The van der Waals surface area contributed by atoms with E-state index in [-0.39, 0.29) is 36.1 Å². The van der Waals surface area contributed by atoms with E-state index < -0.39 is 11.6 Å². The number of nitrogens with zero attached hydrogens (tertiary/aromatic N) is 3. The summed E-state index contributed by atoms with van der Waals surface area (Å²) in [5.74, 6) is -0.558. The molecule has 0 radical (unpaired) electrons. The predicted octanol–water partition coefficient (Wildman–Crippen LogP) is 5.82. The van der Waals surface area contributed by atoms with E-state index in [9.17, 15) is 13.6 Å². The van der Waals surface area contributed by atoms with Crippen molar-refractivity contribution in [3.05, 3.63) is 65.4 Å². The van der Waals surface area contributed by atoms with Crippen molar-refractivity contribution in [1.82, 2.24) is 14.7 Å². The van der Waals surface area contributed by atoms with Crippen molar-refractivity contribution in [2.45, 2.75) is 58.1 Å². The summed E-state index contributed by atoms with van der Waals surface area (Å²) in [6, 6.07) is 10.4. The fourth-order valence-corrected chi connectivity index (χ4v) is 4.96. The number of benzene rings is 2. The zero-order valence-corrected chi connectivity index (χ0v) is 21.8. The lowest BCUT2D eigenvalue weighted by atomic mass is 9.84. The van der Waals surface area contributed by atoms with Gasteiger partial charge in [-0.05, 0) is 68.5 Å². The van der Waals surface area contributed by atoms with Crippen LogP contribution in [-0.4, -0.2) is 47.0 Å². The van der Waals surface area contributed by atoms with Gasteiger partial charge in [-0.25, -0.2) is 13.5 Å². The highest BCUT2D eigenvalue weighted by atomic mass is 19.1. The second-order valence-corrected chi connectivity index (χ2v) is 9.85. The average molecular weight is 526 g/mol. The van der Waals surface area contributed by atoms with Crippen molar-refractivity contribution in [2.24, 2.45) is 5.92 Å². The van der Waals surface area contributed by atoms with Crippen LogP contribution in [0.3, 0.4) is 0 Å². The molecule has 1 aromatic heterocycles. The fraction of sp³-hybridized carbons (Fsp3) is 0.448. The van der Waals surface area contributed by atoms with E-state index in [1.165, 1.54) is 6.07 Å². The van der Waals surface area contributed by atoms with E-state index in [2.05, 4.69) is 0 Å². The highest BCUT2D eigenvalue weighted by Gasteiger charge is 2.33. The molecule has 2 aliphatic rings. The van der Waals surface area contributed by atoms with Crippen LogP contribution in [0.1, 0.15) is 50.3 Å².